The normalized spacial score (nSPS) is 24.1. The molecule has 1 unspecified atom stereocenters. The van der Waals surface area contributed by atoms with Crippen molar-refractivity contribution in [2.75, 3.05) is 24.6 Å². The Morgan fingerprint density at radius 1 is 1.30 bits per heavy atom. The third kappa shape index (κ3) is 2.06. The molecule has 5 heteroatoms. The number of halogens is 1. The first kappa shape index (κ1) is 12.1. The first-order valence-electron chi connectivity index (χ1n) is 7.22. The number of hydrogen-bond donors (Lipinski definition) is 0. The van der Waals surface area contributed by atoms with Gasteiger partial charge in [0, 0.05) is 19.2 Å². The van der Waals surface area contributed by atoms with E-state index in [2.05, 4.69) is 9.88 Å². The van der Waals surface area contributed by atoms with Crippen LogP contribution >= 0.6 is 0 Å². The Morgan fingerprint density at radius 3 is 3.00 bits per heavy atom. The van der Waals surface area contributed by atoms with Crippen molar-refractivity contribution in [1.29, 1.82) is 0 Å². The number of hydrogen-bond acceptors (Lipinski definition) is 4. The Morgan fingerprint density at radius 2 is 2.20 bits per heavy atom. The Labute approximate surface area is 116 Å². The Balaban J connectivity index is 1.58. The number of ether oxygens (including phenoxy) is 1. The first-order valence-corrected chi connectivity index (χ1v) is 7.22. The van der Waals surface area contributed by atoms with Crippen LogP contribution in [-0.4, -0.2) is 30.8 Å². The van der Waals surface area contributed by atoms with E-state index in [0.717, 1.165) is 13.1 Å². The Kier molecular flexibility index (Phi) is 2.88. The van der Waals surface area contributed by atoms with Crippen molar-refractivity contribution < 1.29 is 13.5 Å². The lowest BCUT2D eigenvalue weighted by Crippen LogP contribution is -2.47. The van der Waals surface area contributed by atoms with Gasteiger partial charge in [-0.05, 0) is 30.9 Å². The number of fused-ring (bicyclic) bond motifs is 1. The molecule has 0 amide bonds. The molecular weight excluding hydrogens is 259 g/mol. The lowest BCUT2D eigenvalue weighted by atomic mass is 9.80. The van der Waals surface area contributed by atoms with E-state index < -0.39 is 0 Å². The van der Waals surface area contributed by atoms with Crippen molar-refractivity contribution in [2.24, 2.45) is 5.92 Å². The second kappa shape index (κ2) is 4.74. The van der Waals surface area contributed by atoms with Crippen molar-refractivity contribution in [3.63, 3.8) is 0 Å². The Hall–Kier alpha value is -1.62. The lowest BCUT2D eigenvalue weighted by Gasteiger charge is -2.39. The van der Waals surface area contributed by atoms with E-state index in [-0.39, 0.29) is 11.9 Å². The van der Waals surface area contributed by atoms with Crippen LogP contribution < -0.4 is 4.90 Å². The van der Waals surface area contributed by atoms with Crippen molar-refractivity contribution in [3.8, 4) is 0 Å². The van der Waals surface area contributed by atoms with Gasteiger partial charge in [0.15, 0.2) is 5.58 Å². The van der Waals surface area contributed by atoms with Crippen LogP contribution in [0.5, 0.6) is 0 Å². The van der Waals surface area contributed by atoms with Gasteiger partial charge in [-0.1, -0.05) is 6.42 Å². The maximum absolute atomic E-state index is 13.2. The molecule has 2 aromatic rings. The molecule has 4 rings (SSSR count). The monoisotopic (exact) mass is 276 g/mol. The molecule has 0 bridgehead atoms. The summed E-state index contributed by atoms with van der Waals surface area (Å²) in [7, 11) is 0. The summed E-state index contributed by atoms with van der Waals surface area (Å²) in [6, 6.07) is 5.03. The third-order valence-corrected chi connectivity index (χ3v) is 4.38. The quantitative estimate of drug-likeness (QED) is 0.845. The summed E-state index contributed by atoms with van der Waals surface area (Å²) < 4.78 is 24.7. The number of rotatable bonds is 2. The highest BCUT2D eigenvalue weighted by Gasteiger charge is 2.33. The van der Waals surface area contributed by atoms with Crippen LogP contribution in [0, 0.1) is 11.7 Å². The number of nitrogens with zero attached hydrogens (tertiary/aromatic N) is 2. The van der Waals surface area contributed by atoms with Crippen molar-refractivity contribution in [2.45, 2.75) is 25.4 Å². The molecule has 2 fully saturated rings. The summed E-state index contributed by atoms with van der Waals surface area (Å²) in [5, 5.41) is 0. The lowest BCUT2D eigenvalue weighted by molar-refractivity contribution is -0.0234. The molecule has 1 aromatic carbocycles. The third-order valence-electron chi connectivity index (χ3n) is 4.38. The van der Waals surface area contributed by atoms with Gasteiger partial charge in [-0.3, -0.25) is 0 Å². The van der Waals surface area contributed by atoms with Crippen LogP contribution in [0.2, 0.25) is 0 Å². The van der Waals surface area contributed by atoms with Gasteiger partial charge in [0.25, 0.3) is 6.01 Å². The summed E-state index contributed by atoms with van der Waals surface area (Å²) in [5.41, 5.74) is 1.21. The van der Waals surface area contributed by atoms with Crippen LogP contribution in [0.1, 0.15) is 19.3 Å². The molecule has 4 nitrogen and oxygen atoms in total. The average molecular weight is 276 g/mol. The molecule has 0 spiro atoms. The minimum absolute atomic E-state index is 0.282. The largest absolute Gasteiger partial charge is 0.423 e. The van der Waals surface area contributed by atoms with Crippen molar-refractivity contribution >= 4 is 17.1 Å². The average Bonchev–Trinajstić information content (AvgIpc) is 2.80. The van der Waals surface area contributed by atoms with Crippen molar-refractivity contribution in [1.82, 2.24) is 4.98 Å². The fraction of sp³-hybridized carbons (Fsp3) is 0.533. The van der Waals surface area contributed by atoms with Gasteiger partial charge >= 0.3 is 0 Å². The number of benzene rings is 1. The highest BCUT2D eigenvalue weighted by atomic mass is 19.1. The van der Waals surface area contributed by atoms with Crippen LogP contribution in [0.25, 0.3) is 11.1 Å². The standard InChI is InChI=1S/C15H17FN2O2/c16-11-4-5-12-13(8-11)20-15(17-12)18-6-7-19-14(9-18)10-2-1-3-10/h4-5,8,10,14H,1-3,6-7,9H2. The summed E-state index contributed by atoms with van der Waals surface area (Å²) in [6.07, 6.45) is 4.12. The van der Waals surface area contributed by atoms with Gasteiger partial charge in [-0.2, -0.15) is 4.98 Å². The second-order valence-electron chi connectivity index (χ2n) is 5.65. The predicted molar refractivity (Wildman–Crippen MR) is 73.3 cm³/mol. The van der Waals surface area contributed by atoms with Gasteiger partial charge in [0.05, 0.1) is 12.7 Å². The fourth-order valence-corrected chi connectivity index (χ4v) is 2.97. The van der Waals surface area contributed by atoms with Gasteiger partial charge < -0.3 is 14.1 Å². The van der Waals surface area contributed by atoms with Gasteiger partial charge in [-0.15, -0.1) is 0 Å². The minimum atomic E-state index is -0.297. The SMILES string of the molecule is Fc1ccc2nc(N3CCOC(C4CCC4)C3)oc2c1. The molecule has 2 aliphatic rings. The summed E-state index contributed by atoms with van der Waals surface area (Å²) in [6.45, 7) is 2.30. The van der Waals surface area contributed by atoms with Gasteiger partial charge in [-0.25, -0.2) is 4.39 Å². The number of oxazole rings is 1. The van der Waals surface area contributed by atoms with Crippen LogP contribution in [0.3, 0.4) is 0 Å². The molecule has 1 aromatic heterocycles. The molecule has 1 aliphatic carbocycles. The minimum Gasteiger partial charge on any atom is -0.423 e. The Bertz CT molecular complexity index is 623. The van der Waals surface area contributed by atoms with Gasteiger partial charge in [0.1, 0.15) is 11.3 Å². The maximum atomic E-state index is 13.2. The van der Waals surface area contributed by atoms with Crippen molar-refractivity contribution in [3.05, 3.63) is 24.0 Å². The zero-order valence-electron chi connectivity index (χ0n) is 11.2. The smallest absolute Gasteiger partial charge is 0.298 e. The van der Waals surface area contributed by atoms with E-state index in [1.807, 2.05) is 0 Å². The zero-order chi connectivity index (χ0) is 13.5. The number of aromatic nitrogens is 1. The van der Waals surface area contributed by atoms with Crippen LogP contribution in [-0.2, 0) is 4.74 Å². The predicted octanol–water partition coefficient (Wildman–Crippen LogP) is 2.97. The first-order chi connectivity index (χ1) is 9.79. The van der Waals surface area contributed by atoms with Gasteiger partial charge in [0.2, 0.25) is 0 Å². The van der Waals surface area contributed by atoms with Crippen LogP contribution in [0.4, 0.5) is 10.4 Å². The molecule has 20 heavy (non-hydrogen) atoms. The number of morpholine rings is 1. The van der Waals surface area contributed by atoms with E-state index in [1.165, 1.54) is 31.4 Å². The molecule has 1 saturated carbocycles. The second-order valence-corrected chi connectivity index (χ2v) is 5.65. The molecule has 1 atom stereocenters. The van der Waals surface area contributed by atoms with E-state index in [4.69, 9.17) is 9.15 Å². The number of anilines is 1. The van der Waals surface area contributed by atoms with E-state index in [9.17, 15) is 4.39 Å². The summed E-state index contributed by atoms with van der Waals surface area (Å²) in [5.74, 6) is 0.383. The molecule has 0 N–H and O–H groups in total. The molecule has 1 saturated heterocycles. The van der Waals surface area contributed by atoms with E-state index in [1.54, 1.807) is 6.07 Å². The topological polar surface area (TPSA) is 38.5 Å². The molecule has 106 valence electrons. The summed E-state index contributed by atoms with van der Waals surface area (Å²) in [4.78, 5) is 6.57. The summed E-state index contributed by atoms with van der Waals surface area (Å²) >= 11 is 0. The van der Waals surface area contributed by atoms with Crippen LogP contribution in [0.15, 0.2) is 22.6 Å². The van der Waals surface area contributed by atoms with E-state index >= 15 is 0 Å². The maximum Gasteiger partial charge on any atom is 0.298 e. The highest BCUT2D eigenvalue weighted by molar-refractivity contribution is 5.74. The molecular formula is C15H17FN2O2. The highest BCUT2D eigenvalue weighted by Crippen LogP contribution is 2.34. The fourth-order valence-electron chi connectivity index (χ4n) is 2.97. The molecule has 2 heterocycles. The zero-order valence-corrected chi connectivity index (χ0v) is 11.2. The molecule has 0 radical (unpaired) electrons. The van der Waals surface area contributed by atoms with E-state index in [0.29, 0.717) is 29.6 Å². The molecule has 1 aliphatic heterocycles.